The lowest BCUT2D eigenvalue weighted by atomic mass is 10.2. The van der Waals surface area contributed by atoms with E-state index in [0.717, 1.165) is 31.0 Å². The van der Waals surface area contributed by atoms with Crippen molar-refractivity contribution in [3.63, 3.8) is 0 Å². The second kappa shape index (κ2) is 6.92. The number of hydrogen-bond acceptors (Lipinski definition) is 5. The molecule has 1 N–H and O–H groups in total. The number of nitrogens with one attached hydrogen (secondary N) is 1. The highest BCUT2D eigenvalue weighted by Gasteiger charge is 2.16. The van der Waals surface area contributed by atoms with Gasteiger partial charge in [0.25, 0.3) is 5.91 Å². The topological polar surface area (TPSA) is 85.6 Å². The van der Waals surface area contributed by atoms with Crippen molar-refractivity contribution in [3.8, 4) is 0 Å². The summed E-state index contributed by atoms with van der Waals surface area (Å²) in [6.45, 7) is 6.71. The van der Waals surface area contributed by atoms with Crippen LogP contribution in [0.1, 0.15) is 55.2 Å². The summed E-state index contributed by atoms with van der Waals surface area (Å²) in [5.41, 5.74) is 0.445. The van der Waals surface area contributed by atoms with Crippen molar-refractivity contribution in [3.05, 3.63) is 35.9 Å². The number of amides is 1. The van der Waals surface area contributed by atoms with Crippen LogP contribution in [-0.4, -0.2) is 30.6 Å². The molecule has 0 saturated heterocycles. The summed E-state index contributed by atoms with van der Waals surface area (Å²) in [6, 6.07) is -0.225. The van der Waals surface area contributed by atoms with Crippen LogP contribution in [0.4, 0.5) is 0 Å². The third-order valence-corrected chi connectivity index (χ3v) is 3.10. The molecule has 0 aliphatic heterocycles. The van der Waals surface area contributed by atoms with E-state index in [-0.39, 0.29) is 11.9 Å². The molecule has 0 spiro atoms. The first-order chi connectivity index (χ1) is 10.2. The maximum atomic E-state index is 12.2. The molecule has 0 radical (unpaired) electrons. The van der Waals surface area contributed by atoms with Crippen LogP contribution >= 0.6 is 0 Å². The minimum Gasteiger partial charge on any atom is -0.342 e. The number of hydrogen-bond donors (Lipinski definition) is 1. The van der Waals surface area contributed by atoms with E-state index in [4.69, 9.17) is 0 Å². The number of aromatic nitrogens is 5. The molecule has 0 aliphatic carbocycles. The maximum absolute atomic E-state index is 12.2. The molecule has 112 valence electrons. The second-order valence-corrected chi connectivity index (χ2v) is 4.78. The van der Waals surface area contributed by atoms with Crippen LogP contribution in [0.5, 0.6) is 0 Å². The largest absolute Gasteiger partial charge is 0.342 e. The molecular weight excluding hydrogens is 268 g/mol. The SMILES string of the molecule is CCCn1ncnc1[C@H](C)NC(=O)c1cnc(CC)nc1. The first kappa shape index (κ1) is 15.1. The van der Waals surface area contributed by atoms with Crippen molar-refractivity contribution in [2.24, 2.45) is 0 Å². The summed E-state index contributed by atoms with van der Waals surface area (Å²) in [5.74, 6) is 1.26. The standard InChI is InChI=1S/C14H20N6O/c1-4-6-20-13(17-9-18-20)10(3)19-14(21)11-7-15-12(5-2)16-8-11/h7-10H,4-6H2,1-3H3,(H,19,21)/t10-/m0/s1. The van der Waals surface area contributed by atoms with Gasteiger partial charge in [-0.2, -0.15) is 5.10 Å². The van der Waals surface area contributed by atoms with Crippen LogP contribution in [0.15, 0.2) is 18.7 Å². The van der Waals surface area contributed by atoms with Crippen LogP contribution in [0.25, 0.3) is 0 Å². The highest BCUT2D eigenvalue weighted by molar-refractivity contribution is 5.93. The summed E-state index contributed by atoms with van der Waals surface area (Å²) < 4.78 is 1.81. The zero-order chi connectivity index (χ0) is 15.2. The molecular formula is C14H20N6O. The van der Waals surface area contributed by atoms with Gasteiger partial charge >= 0.3 is 0 Å². The van der Waals surface area contributed by atoms with Gasteiger partial charge in [0, 0.05) is 25.4 Å². The fraction of sp³-hybridized carbons (Fsp3) is 0.500. The van der Waals surface area contributed by atoms with Crippen LogP contribution in [0.2, 0.25) is 0 Å². The van der Waals surface area contributed by atoms with E-state index >= 15 is 0 Å². The molecule has 0 saturated carbocycles. The van der Waals surface area contributed by atoms with Gasteiger partial charge in [-0.05, 0) is 13.3 Å². The molecule has 0 aliphatic rings. The quantitative estimate of drug-likeness (QED) is 0.871. The summed E-state index contributed by atoms with van der Waals surface area (Å²) in [6.07, 6.45) is 6.31. The molecule has 0 aromatic carbocycles. The van der Waals surface area contributed by atoms with E-state index < -0.39 is 0 Å². The molecule has 21 heavy (non-hydrogen) atoms. The van der Waals surface area contributed by atoms with Gasteiger partial charge in [-0.1, -0.05) is 13.8 Å². The minimum absolute atomic E-state index is 0.212. The van der Waals surface area contributed by atoms with Crippen LogP contribution in [0.3, 0.4) is 0 Å². The van der Waals surface area contributed by atoms with Gasteiger partial charge in [0.15, 0.2) is 0 Å². The Kier molecular flexibility index (Phi) is 4.97. The number of carbonyl (C=O) groups is 1. The van der Waals surface area contributed by atoms with Gasteiger partial charge < -0.3 is 5.32 Å². The smallest absolute Gasteiger partial charge is 0.254 e. The van der Waals surface area contributed by atoms with Crippen molar-refractivity contribution in [2.45, 2.75) is 46.2 Å². The van der Waals surface area contributed by atoms with Crippen molar-refractivity contribution in [2.75, 3.05) is 0 Å². The summed E-state index contributed by atoms with van der Waals surface area (Å²) in [7, 11) is 0. The van der Waals surface area contributed by atoms with Crippen LogP contribution < -0.4 is 5.32 Å². The summed E-state index contributed by atoms with van der Waals surface area (Å²) in [4.78, 5) is 24.6. The van der Waals surface area contributed by atoms with E-state index in [2.05, 4.69) is 32.3 Å². The Morgan fingerprint density at radius 3 is 2.62 bits per heavy atom. The minimum atomic E-state index is -0.225. The third kappa shape index (κ3) is 3.62. The van der Waals surface area contributed by atoms with Crippen molar-refractivity contribution in [1.29, 1.82) is 0 Å². The number of rotatable bonds is 6. The zero-order valence-electron chi connectivity index (χ0n) is 12.6. The van der Waals surface area contributed by atoms with Gasteiger partial charge in [-0.15, -0.1) is 0 Å². The molecule has 1 atom stereocenters. The average molecular weight is 288 g/mol. The lowest BCUT2D eigenvalue weighted by Gasteiger charge is -2.14. The van der Waals surface area contributed by atoms with Gasteiger partial charge in [0.1, 0.15) is 18.0 Å². The molecule has 2 rings (SSSR count). The van der Waals surface area contributed by atoms with Gasteiger partial charge in [-0.25, -0.2) is 19.6 Å². The lowest BCUT2D eigenvalue weighted by Crippen LogP contribution is -2.29. The van der Waals surface area contributed by atoms with E-state index in [1.807, 2.05) is 18.5 Å². The van der Waals surface area contributed by atoms with Crippen molar-refractivity contribution < 1.29 is 4.79 Å². The predicted molar refractivity (Wildman–Crippen MR) is 77.6 cm³/mol. The average Bonchev–Trinajstić information content (AvgIpc) is 2.96. The number of carbonyl (C=O) groups excluding carboxylic acids is 1. The summed E-state index contributed by atoms with van der Waals surface area (Å²) in [5, 5.41) is 7.05. The highest BCUT2D eigenvalue weighted by Crippen LogP contribution is 2.10. The first-order valence-electron chi connectivity index (χ1n) is 7.15. The molecule has 7 heteroatoms. The number of nitrogens with zero attached hydrogens (tertiary/aromatic N) is 5. The Labute approximate surface area is 123 Å². The maximum Gasteiger partial charge on any atom is 0.254 e. The van der Waals surface area contributed by atoms with Gasteiger partial charge in [0.05, 0.1) is 11.6 Å². The molecule has 2 aromatic heterocycles. The Hall–Kier alpha value is -2.31. The fourth-order valence-corrected chi connectivity index (χ4v) is 1.99. The molecule has 0 bridgehead atoms. The van der Waals surface area contributed by atoms with E-state index in [9.17, 15) is 4.79 Å². The zero-order valence-corrected chi connectivity index (χ0v) is 12.6. The van der Waals surface area contributed by atoms with Crippen LogP contribution in [-0.2, 0) is 13.0 Å². The Morgan fingerprint density at radius 2 is 2.00 bits per heavy atom. The fourth-order valence-electron chi connectivity index (χ4n) is 1.99. The van der Waals surface area contributed by atoms with E-state index in [0.29, 0.717) is 5.56 Å². The van der Waals surface area contributed by atoms with Gasteiger partial charge in [0.2, 0.25) is 0 Å². The van der Waals surface area contributed by atoms with Gasteiger partial charge in [-0.3, -0.25) is 4.79 Å². The van der Waals surface area contributed by atoms with E-state index in [1.165, 1.54) is 6.33 Å². The molecule has 7 nitrogen and oxygen atoms in total. The molecule has 1 amide bonds. The van der Waals surface area contributed by atoms with E-state index in [1.54, 1.807) is 12.4 Å². The molecule has 0 fully saturated rings. The Balaban J connectivity index is 2.05. The second-order valence-electron chi connectivity index (χ2n) is 4.78. The molecule has 2 aromatic rings. The number of aryl methyl sites for hydroxylation is 2. The molecule has 2 heterocycles. The normalized spacial score (nSPS) is 12.1. The summed E-state index contributed by atoms with van der Waals surface area (Å²) >= 11 is 0. The highest BCUT2D eigenvalue weighted by atomic mass is 16.1. The Bertz CT molecular complexity index is 592. The Morgan fingerprint density at radius 1 is 1.29 bits per heavy atom. The third-order valence-electron chi connectivity index (χ3n) is 3.10. The monoisotopic (exact) mass is 288 g/mol. The predicted octanol–water partition coefficient (Wildman–Crippen LogP) is 1.53. The van der Waals surface area contributed by atoms with Crippen molar-refractivity contribution in [1.82, 2.24) is 30.0 Å². The first-order valence-corrected chi connectivity index (χ1v) is 7.15. The van der Waals surface area contributed by atoms with Crippen molar-refractivity contribution >= 4 is 5.91 Å². The van der Waals surface area contributed by atoms with Crippen LogP contribution in [0, 0.1) is 0 Å². The molecule has 0 unspecified atom stereocenters. The lowest BCUT2D eigenvalue weighted by molar-refractivity contribution is 0.0936.